The van der Waals surface area contributed by atoms with E-state index >= 15 is 0 Å². The molecule has 0 aliphatic rings. The highest BCUT2D eigenvalue weighted by molar-refractivity contribution is 5.51. The minimum absolute atomic E-state index is 0.0432. The molecule has 0 atom stereocenters. The fourth-order valence-electron chi connectivity index (χ4n) is 2.30. The van der Waals surface area contributed by atoms with Crippen LogP contribution in [-0.2, 0) is 0 Å². The molecule has 25 heavy (non-hydrogen) atoms. The van der Waals surface area contributed by atoms with Crippen LogP contribution in [0.25, 0.3) is 0 Å². The van der Waals surface area contributed by atoms with Gasteiger partial charge in [-0.05, 0) is 36.4 Å². The van der Waals surface area contributed by atoms with Crippen molar-refractivity contribution in [2.75, 3.05) is 14.2 Å². The van der Waals surface area contributed by atoms with Crippen LogP contribution in [0.3, 0.4) is 0 Å². The molecule has 128 valence electrons. The topological polar surface area (TPSA) is 57.2 Å². The molecule has 0 radical (unpaired) electrons. The van der Waals surface area contributed by atoms with E-state index in [1.807, 2.05) is 24.3 Å². The van der Waals surface area contributed by atoms with Gasteiger partial charge in [0, 0.05) is 6.07 Å². The molecule has 3 rings (SSSR count). The number of ether oxygens (including phenoxy) is 4. The van der Waals surface area contributed by atoms with Gasteiger partial charge in [0.1, 0.15) is 5.75 Å². The second-order valence-corrected chi connectivity index (χ2v) is 5.14. The Morgan fingerprint density at radius 1 is 0.600 bits per heavy atom. The monoisotopic (exact) mass is 338 g/mol. The van der Waals surface area contributed by atoms with Crippen molar-refractivity contribution >= 4 is 0 Å². The van der Waals surface area contributed by atoms with E-state index in [1.165, 1.54) is 6.07 Å². The van der Waals surface area contributed by atoms with Crippen molar-refractivity contribution in [2.24, 2.45) is 0 Å². The maximum Gasteiger partial charge on any atom is 0.169 e. The highest BCUT2D eigenvalue weighted by Gasteiger charge is 2.11. The molecule has 0 fully saturated rings. The zero-order chi connectivity index (χ0) is 17.6. The highest BCUT2D eigenvalue weighted by atomic mass is 16.5. The van der Waals surface area contributed by atoms with E-state index in [4.69, 9.17) is 18.9 Å². The zero-order valence-electron chi connectivity index (χ0n) is 13.9. The van der Waals surface area contributed by atoms with Crippen molar-refractivity contribution in [1.82, 2.24) is 0 Å². The van der Waals surface area contributed by atoms with Gasteiger partial charge < -0.3 is 24.1 Å². The number of phenols is 1. The molecule has 1 N–H and O–H groups in total. The lowest BCUT2D eigenvalue weighted by atomic mass is 10.2. The quantitative estimate of drug-likeness (QED) is 0.686. The molecular weight excluding hydrogens is 320 g/mol. The van der Waals surface area contributed by atoms with Crippen molar-refractivity contribution in [3.63, 3.8) is 0 Å². The Kier molecular flexibility index (Phi) is 4.95. The SMILES string of the molecule is COc1ccccc1Oc1ccc(Oc2ccccc2OC)c(O)c1. The third-order valence-electron chi connectivity index (χ3n) is 3.52. The standard InChI is InChI=1S/C20H18O5/c1-22-17-7-3-5-9-19(17)24-14-11-12-16(15(21)13-14)25-20-10-6-4-8-18(20)23-2/h3-13,21H,1-2H3. The molecule has 0 heterocycles. The summed E-state index contributed by atoms with van der Waals surface area (Å²) in [7, 11) is 3.14. The Bertz CT molecular complexity index is 860. The number of methoxy groups -OCH3 is 2. The van der Waals surface area contributed by atoms with Crippen LogP contribution in [0.4, 0.5) is 0 Å². The summed E-state index contributed by atoms with van der Waals surface area (Å²) in [5.41, 5.74) is 0. The van der Waals surface area contributed by atoms with Gasteiger partial charge in [0.25, 0.3) is 0 Å². The van der Waals surface area contributed by atoms with E-state index in [2.05, 4.69) is 0 Å². The molecule has 0 aliphatic carbocycles. The van der Waals surface area contributed by atoms with Crippen LogP contribution >= 0.6 is 0 Å². The summed E-state index contributed by atoms with van der Waals surface area (Å²) in [6.45, 7) is 0. The first kappa shape index (κ1) is 16.5. The number of hydrogen-bond acceptors (Lipinski definition) is 5. The number of benzene rings is 3. The van der Waals surface area contributed by atoms with Crippen LogP contribution in [0.5, 0.6) is 40.2 Å². The van der Waals surface area contributed by atoms with E-state index in [-0.39, 0.29) is 5.75 Å². The van der Waals surface area contributed by atoms with E-state index in [1.54, 1.807) is 50.6 Å². The van der Waals surface area contributed by atoms with Gasteiger partial charge >= 0.3 is 0 Å². The number of rotatable bonds is 6. The first-order chi connectivity index (χ1) is 12.2. The molecule has 5 heteroatoms. The van der Waals surface area contributed by atoms with Gasteiger partial charge in [0.2, 0.25) is 0 Å². The summed E-state index contributed by atoms with van der Waals surface area (Å²) < 4.78 is 22.0. The number of para-hydroxylation sites is 4. The molecule has 0 saturated carbocycles. The first-order valence-electron chi connectivity index (χ1n) is 7.66. The van der Waals surface area contributed by atoms with Crippen LogP contribution in [-0.4, -0.2) is 19.3 Å². The van der Waals surface area contributed by atoms with Crippen LogP contribution in [0.15, 0.2) is 66.7 Å². The summed E-state index contributed by atoms with van der Waals surface area (Å²) >= 11 is 0. The highest BCUT2D eigenvalue weighted by Crippen LogP contribution is 2.39. The number of aromatic hydroxyl groups is 1. The molecule has 5 nitrogen and oxygen atoms in total. The Hall–Kier alpha value is -3.34. The van der Waals surface area contributed by atoms with Crippen LogP contribution < -0.4 is 18.9 Å². The molecule has 3 aromatic carbocycles. The summed E-state index contributed by atoms with van der Waals surface area (Å²) in [5.74, 6) is 2.98. The lowest BCUT2D eigenvalue weighted by Gasteiger charge is -2.13. The third kappa shape index (κ3) is 3.77. The van der Waals surface area contributed by atoms with Crippen LogP contribution in [0.2, 0.25) is 0 Å². The predicted octanol–water partition coefficient (Wildman–Crippen LogP) is 4.99. The predicted molar refractivity (Wildman–Crippen MR) is 94.2 cm³/mol. The van der Waals surface area contributed by atoms with Crippen molar-refractivity contribution in [3.05, 3.63) is 66.7 Å². The van der Waals surface area contributed by atoms with E-state index in [0.717, 1.165) is 0 Å². The summed E-state index contributed by atoms with van der Waals surface area (Å²) in [6.07, 6.45) is 0. The van der Waals surface area contributed by atoms with Crippen molar-refractivity contribution < 1.29 is 24.1 Å². The fourth-order valence-corrected chi connectivity index (χ4v) is 2.30. The molecule has 0 aromatic heterocycles. The first-order valence-corrected chi connectivity index (χ1v) is 7.66. The van der Waals surface area contributed by atoms with E-state index in [9.17, 15) is 5.11 Å². The zero-order valence-corrected chi connectivity index (χ0v) is 13.9. The lowest BCUT2D eigenvalue weighted by molar-refractivity contribution is 0.363. The Balaban J connectivity index is 1.81. The van der Waals surface area contributed by atoms with Gasteiger partial charge in [-0.3, -0.25) is 0 Å². The second-order valence-electron chi connectivity index (χ2n) is 5.14. The van der Waals surface area contributed by atoms with Gasteiger partial charge in [-0.25, -0.2) is 0 Å². The largest absolute Gasteiger partial charge is 0.504 e. The number of phenolic OH excluding ortho intramolecular Hbond substituents is 1. The molecule has 0 spiro atoms. The van der Waals surface area contributed by atoms with E-state index in [0.29, 0.717) is 34.5 Å². The molecule has 0 aliphatic heterocycles. The summed E-state index contributed by atoms with van der Waals surface area (Å²) in [6, 6.07) is 19.3. The molecule has 0 unspecified atom stereocenters. The molecule has 3 aromatic rings. The smallest absolute Gasteiger partial charge is 0.169 e. The van der Waals surface area contributed by atoms with Gasteiger partial charge in [-0.1, -0.05) is 24.3 Å². The van der Waals surface area contributed by atoms with Crippen molar-refractivity contribution in [2.45, 2.75) is 0 Å². The van der Waals surface area contributed by atoms with Gasteiger partial charge in [0.05, 0.1) is 14.2 Å². The van der Waals surface area contributed by atoms with Gasteiger partial charge in [0.15, 0.2) is 34.5 Å². The average molecular weight is 338 g/mol. The Morgan fingerprint density at radius 2 is 1.12 bits per heavy atom. The summed E-state index contributed by atoms with van der Waals surface area (Å²) in [5, 5.41) is 10.2. The normalized spacial score (nSPS) is 10.2. The minimum atomic E-state index is -0.0432. The maximum atomic E-state index is 10.2. The lowest BCUT2D eigenvalue weighted by Crippen LogP contribution is -1.92. The molecular formula is C20H18O5. The molecule has 0 amide bonds. The Morgan fingerprint density at radius 3 is 1.64 bits per heavy atom. The van der Waals surface area contributed by atoms with Crippen LogP contribution in [0, 0.1) is 0 Å². The van der Waals surface area contributed by atoms with Crippen molar-refractivity contribution in [3.8, 4) is 40.2 Å². The average Bonchev–Trinajstić information content (AvgIpc) is 2.65. The fraction of sp³-hybridized carbons (Fsp3) is 0.100. The van der Waals surface area contributed by atoms with Crippen LogP contribution in [0.1, 0.15) is 0 Å². The Labute approximate surface area is 146 Å². The number of hydrogen-bond donors (Lipinski definition) is 1. The van der Waals surface area contributed by atoms with Crippen molar-refractivity contribution in [1.29, 1.82) is 0 Å². The van der Waals surface area contributed by atoms with Gasteiger partial charge in [-0.15, -0.1) is 0 Å². The minimum Gasteiger partial charge on any atom is -0.504 e. The summed E-state index contributed by atoms with van der Waals surface area (Å²) in [4.78, 5) is 0. The molecule has 0 saturated heterocycles. The maximum absolute atomic E-state index is 10.2. The molecule has 0 bridgehead atoms. The van der Waals surface area contributed by atoms with Gasteiger partial charge in [-0.2, -0.15) is 0 Å². The van der Waals surface area contributed by atoms with E-state index < -0.39 is 0 Å². The second kappa shape index (κ2) is 7.49. The third-order valence-corrected chi connectivity index (χ3v) is 3.52.